The average molecular weight is 413 g/mol. The standard InChI is InChI=1S/C24H15NO6/c1-14(26)31-25-21(22(27)18-11-10-15-6-2-3-7-16(15)12-18)23(28)19-13-17-8-4-5-9-20(17)30-24(19)29/h2-13H,1H3. The minimum atomic E-state index is -1.00. The van der Waals surface area contributed by atoms with Gasteiger partial charge in [-0.05, 0) is 29.0 Å². The van der Waals surface area contributed by atoms with Crippen LogP contribution in [0, 0.1) is 0 Å². The molecule has 0 saturated heterocycles. The Balaban J connectivity index is 1.80. The lowest BCUT2D eigenvalue weighted by molar-refractivity contribution is -0.140. The number of para-hydroxylation sites is 1. The van der Waals surface area contributed by atoms with Gasteiger partial charge in [0.2, 0.25) is 11.6 Å². The van der Waals surface area contributed by atoms with Gasteiger partial charge >= 0.3 is 11.6 Å². The third kappa shape index (κ3) is 4.02. The van der Waals surface area contributed by atoms with Crippen LogP contribution in [0.5, 0.6) is 0 Å². The highest BCUT2D eigenvalue weighted by Crippen LogP contribution is 2.18. The third-order valence-electron chi connectivity index (χ3n) is 4.59. The number of fused-ring (bicyclic) bond motifs is 2. The number of Topliss-reactive ketones (excluding diaryl/α,β-unsaturated/α-hetero) is 2. The lowest BCUT2D eigenvalue weighted by Crippen LogP contribution is -2.29. The zero-order chi connectivity index (χ0) is 22.0. The first kappa shape index (κ1) is 19.9. The minimum Gasteiger partial charge on any atom is -0.422 e. The number of carbonyl (C=O) groups is 3. The molecule has 1 heterocycles. The first-order valence-corrected chi connectivity index (χ1v) is 9.31. The Morgan fingerprint density at radius 2 is 1.48 bits per heavy atom. The van der Waals surface area contributed by atoms with Gasteiger partial charge in [0.15, 0.2) is 5.71 Å². The molecule has 0 unspecified atom stereocenters. The predicted octanol–water partition coefficient (Wildman–Crippen LogP) is 3.93. The van der Waals surface area contributed by atoms with Gasteiger partial charge < -0.3 is 9.25 Å². The van der Waals surface area contributed by atoms with Gasteiger partial charge in [0.05, 0.1) is 0 Å². The molecule has 0 aliphatic rings. The molecular formula is C24H15NO6. The molecular weight excluding hydrogens is 398 g/mol. The van der Waals surface area contributed by atoms with E-state index in [9.17, 15) is 19.2 Å². The lowest BCUT2D eigenvalue weighted by Gasteiger charge is -2.06. The maximum atomic E-state index is 13.1. The largest absolute Gasteiger partial charge is 0.422 e. The smallest absolute Gasteiger partial charge is 0.347 e. The summed E-state index contributed by atoms with van der Waals surface area (Å²) in [6, 6.07) is 20.2. The van der Waals surface area contributed by atoms with Crippen LogP contribution in [0.15, 0.2) is 87.2 Å². The van der Waals surface area contributed by atoms with Crippen molar-refractivity contribution >= 4 is 45.0 Å². The van der Waals surface area contributed by atoms with Gasteiger partial charge in [-0.3, -0.25) is 9.59 Å². The Hall–Kier alpha value is -4.39. The molecule has 0 radical (unpaired) electrons. The third-order valence-corrected chi connectivity index (χ3v) is 4.59. The van der Waals surface area contributed by atoms with Gasteiger partial charge in [-0.2, -0.15) is 0 Å². The summed E-state index contributed by atoms with van der Waals surface area (Å²) >= 11 is 0. The minimum absolute atomic E-state index is 0.156. The number of rotatable bonds is 5. The van der Waals surface area contributed by atoms with E-state index in [0.29, 0.717) is 11.0 Å². The summed E-state index contributed by atoms with van der Waals surface area (Å²) in [5.74, 6) is -2.61. The monoisotopic (exact) mass is 413 g/mol. The summed E-state index contributed by atoms with van der Waals surface area (Å²) in [5.41, 5.74) is -1.57. The van der Waals surface area contributed by atoms with Crippen LogP contribution in [-0.4, -0.2) is 23.2 Å². The summed E-state index contributed by atoms with van der Waals surface area (Å²) in [7, 11) is 0. The van der Waals surface area contributed by atoms with Gasteiger partial charge in [0.25, 0.3) is 0 Å². The second kappa shape index (κ2) is 8.16. The fourth-order valence-corrected chi connectivity index (χ4v) is 3.11. The lowest BCUT2D eigenvalue weighted by atomic mass is 9.97. The number of oxime groups is 1. The Kier molecular flexibility index (Phi) is 5.24. The number of carbonyl (C=O) groups excluding carboxylic acids is 3. The summed E-state index contributed by atoms with van der Waals surface area (Å²) < 4.78 is 5.18. The Morgan fingerprint density at radius 1 is 0.806 bits per heavy atom. The van der Waals surface area contributed by atoms with E-state index in [-0.39, 0.29) is 5.56 Å². The molecule has 0 aliphatic carbocycles. The molecule has 0 atom stereocenters. The molecule has 0 aliphatic heterocycles. The average Bonchev–Trinajstić information content (AvgIpc) is 2.77. The predicted molar refractivity (Wildman–Crippen MR) is 114 cm³/mol. The van der Waals surface area contributed by atoms with Crippen LogP contribution in [0.2, 0.25) is 0 Å². The molecule has 152 valence electrons. The number of hydrogen-bond acceptors (Lipinski definition) is 7. The first-order valence-electron chi connectivity index (χ1n) is 9.31. The van der Waals surface area contributed by atoms with Crippen molar-refractivity contribution in [3.63, 3.8) is 0 Å². The molecule has 4 rings (SSSR count). The normalized spacial score (nSPS) is 11.5. The van der Waals surface area contributed by atoms with Crippen molar-refractivity contribution in [3.8, 4) is 0 Å². The van der Waals surface area contributed by atoms with Gasteiger partial charge in [0.1, 0.15) is 11.1 Å². The van der Waals surface area contributed by atoms with Crippen molar-refractivity contribution in [2.75, 3.05) is 0 Å². The SMILES string of the molecule is CC(=O)ON=C(C(=O)c1ccc2ccccc2c1)C(=O)c1cc2ccccc2oc1=O. The second-order valence-electron chi connectivity index (χ2n) is 6.73. The van der Waals surface area contributed by atoms with Crippen molar-refractivity contribution in [2.24, 2.45) is 5.16 Å². The van der Waals surface area contributed by atoms with Crippen LogP contribution in [-0.2, 0) is 9.63 Å². The molecule has 7 nitrogen and oxygen atoms in total. The molecule has 0 bridgehead atoms. The van der Waals surface area contributed by atoms with E-state index in [0.717, 1.165) is 17.7 Å². The number of hydrogen-bond donors (Lipinski definition) is 0. The summed E-state index contributed by atoms with van der Waals surface area (Å²) in [6.07, 6.45) is 0. The number of benzene rings is 3. The van der Waals surface area contributed by atoms with Crippen LogP contribution in [0.25, 0.3) is 21.7 Å². The van der Waals surface area contributed by atoms with E-state index >= 15 is 0 Å². The fraction of sp³-hybridized carbons (Fsp3) is 0.0417. The molecule has 31 heavy (non-hydrogen) atoms. The van der Waals surface area contributed by atoms with Crippen molar-refractivity contribution < 1.29 is 23.6 Å². The molecule has 0 saturated carbocycles. The van der Waals surface area contributed by atoms with E-state index in [4.69, 9.17) is 4.42 Å². The van der Waals surface area contributed by atoms with Crippen LogP contribution >= 0.6 is 0 Å². The fourth-order valence-electron chi connectivity index (χ4n) is 3.11. The first-order chi connectivity index (χ1) is 14.9. The van der Waals surface area contributed by atoms with Crippen LogP contribution in [0.3, 0.4) is 0 Å². The van der Waals surface area contributed by atoms with Crippen molar-refractivity contribution in [1.29, 1.82) is 0 Å². The maximum absolute atomic E-state index is 13.1. The van der Waals surface area contributed by atoms with E-state index in [1.54, 1.807) is 36.4 Å². The van der Waals surface area contributed by atoms with Crippen LogP contribution in [0.1, 0.15) is 27.6 Å². The van der Waals surface area contributed by atoms with E-state index < -0.39 is 34.4 Å². The molecule has 1 aromatic heterocycles. The molecule has 0 amide bonds. The van der Waals surface area contributed by atoms with E-state index in [1.165, 1.54) is 12.1 Å². The molecule has 0 N–H and O–H groups in total. The molecule has 3 aromatic carbocycles. The Labute approximate surface area is 175 Å². The quantitative estimate of drug-likeness (QED) is 0.123. The van der Waals surface area contributed by atoms with Gasteiger partial charge in [-0.25, -0.2) is 9.59 Å². The van der Waals surface area contributed by atoms with Crippen molar-refractivity contribution in [1.82, 2.24) is 0 Å². The molecule has 7 heteroatoms. The van der Waals surface area contributed by atoms with Gasteiger partial charge in [-0.1, -0.05) is 59.8 Å². The topological polar surface area (TPSA) is 103 Å². The Bertz CT molecular complexity index is 1450. The van der Waals surface area contributed by atoms with E-state index in [2.05, 4.69) is 9.99 Å². The molecule has 0 spiro atoms. The second-order valence-corrected chi connectivity index (χ2v) is 6.73. The highest BCUT2D eigenvalue weighted by Gasteiger charge is 2.28. The highest BCUT2D eigenvalue weighted by atomic mass is 16.7. The van der Waals surface area contributed by atoms with Crippen LogP contribution in [0.4, 0.5) is 0 Å². The van der Waals surface area contributed by atoms with Crippen molar-refractivity contribution in [3.05, 3.63) is 94.3 Å². The van der Waals surface area contributed by atoms with Gasteiger partial charge in [-0.15, -0.1) is 0 Å². The summed E-state index contributed by atoms with van der Waals surface area (Å²) in [4.78, 5) is 54.4. The molecule has 0 fully saturated rings. The van der Waals surface area contributed by atoms with E-state index in [1.807, 2.05) is 24.3 Å². The van der Waals surface area contributed by atoms with Gasteiger partial charge in [0, 0.05) is 17.9 Å². The maximum Gasteiger partial charge on any atom is 0.347 e. The molecule has 4 aromatic rings. The summed E-state index contributed by atoms with van der Waals surface area (Å²) in [5, 5.41) is 5.64. The highest BCUT2D eigenvalue weighted by molar-refractivity contribution is 6.71. The Morgan fingerprint density at radius 3 is 2.23 bits per heavy atom. The zero-order valence-corrected chi connectivity index (χ0v) is 16.3. The number of ketones is 2. The number of nitrogens with zero attached hydrogens (tertiary/aromatic N) is 1. The zero-order valence-electron chi connectivity index (χ0n) is 16.3. The van der Waals surface area contributed by atoms with Crippen molar-refractivity contribution in [2.45, 2.75) is 6.92 Å². The van der Waals surface area contributed by atoms with Crippen LogP contribution < -0.4 is 5.63 Å². The summed E-state index contributed by atoms with van der Waals surface area (Å²) in [6.45, 7) is 1.08.